The minimum Gasteiger partial charge on any atom is -0.398 e. The third kappa shape index (κ3) is 2.44. The van der Waals surface area contributed by atoms with E-state index in [1.807, 2.05) is 6.07 Å². The number of nitrogens with two attached hydrogens (primary N) is 1. The number of hydrogen-bond acceptors (Lipinski definition) is 3. The predicted molar refractivity (Wildman–Crippen MR) is 75.2 cm³/mol. The molecule has 0 aliphatic rings. The Balaban J connectivity index is 2.51. The van der Waals surface area contributed by atoms with Gasteiger partial charge in [0.15, 0.2) is 5.78 Å². The summed E-state index contributed by atoms with van der Waals surface area (Å²) in [6.45, 7) is 1.72. The number of rotatable bonds is 2. The second-order valence-corrected chi connectivity index (χ2v) is 4.59. The molecule has 0 atom stereocenters. The number of nitrogen functional groups attached to an aromatic ring is 1. The third-order valence-electron chi connectivity index (χ3n) is 2.96. The molecule has 2 aromatic carbocycles. The van der Waals surface area contributed by atoms with Gasteiger partial charge in [-0.25, -0.2) is 0 Å². The summed E-state index contributed by atoms with van der Waals surface area (Å²) in [5.74, 6) is -0.148. The first kappa shape index (κ1) is 13.1. The number of hydrogen-bond donors (Lipinski definition) is 1. The average molecular weight is 271 g/mol. The molecule has 0 amide bonds. The van der Waals surface area contributed by atoms with E-state index in [1.54, 1.807) is 43.3 Å². The topological polar surface area (TPSA) is 66.9 Å². The fourth-order valence-corrected chi connectivity index (χ4v) is 2.01. The zero-order valence-corrected chi connectivity index (χ0v) is 11.0. The fourth-order valence-electron chi connectivity index (χ4n) is 1.88. The summed E-state index contributed by atoms with van der Waals surface area (Å²) < 4.78 is 0. The molecule has 0 bridgehead atoms. The number of halogens is 1. The number of benzene rings is 2. The van der Waals surface area contributed by atoms with Crippen LogP contribution in [0.5, 0.6) is 0 Å². The highest BCUT2D eigenvalue weighted by Gasteiger charge is 2.15. The van der Waals surface area contributed by atoms with Crippen LogP contribution in [0.1, 0.15) is 27.0 Å². The lowest BCUT2D eigenvalue weighted by Crippen LogP contribution is -2.06. The first-order valence-corrected chi connectivity index (χ1v) is 6.02. The number of anilines is 1. The summed E-state index contributed by atoms with van der Waals surface area (Å²) in [6.07, 6.45) is 0. The van der Waals surface area contributed by atoms with Gasteiger partial charge in [-0.05, 0) is 48.9 Å². The number of nitrogens with zero attached hydrogens (tertiary/aromatic N) is 1. The first-order valence-electron chi connectivity index (χ1n) is 5.64. The van der Waals surface area contributed by atoms with Gasteiger partial charge in [0.05, 0.1) is 5.56 Å². The van der Waals surface area contributed by atoms with Crippen LogP contribution in [0.4, 0.5) is 5.69 Å². The highest BCUT2D eigenvalue weighted by Crippen LogP contribution is 2.22. The highest BCUT2D eigenvalue weighted by atomic mass is 35.5. The van der Waals surface area contributed by atoms with Gasteiger partial charge >= 0.3 is 0 Å². The van der Waals surface area contributed by atoms with Crippen LogP contribution >= 0.6 is 11.6 Å². The molecule has 2 rings (SSSR count). The van der Waals surface area contributed by atoms with Crippen molar-refractivity contribution in [1.82, 2.24) is 0 Å². The van der Waals surface area contributed by atoms with Gasteiger partial charge in [-0.1, -0.05) is 11.6 Å². The van der Waals surface area contributed by atoms with Crippen LogP contribution in [-0.2, 0) is 0 Å². The van der Waals surface area contributed by atoms with Crippen molar-refractivity contribution < 1.29 is 4.79 Å². The molecular weight excluding hydrogens is 260 g/mol. The summed E-state index contributed by atoms with van der Waals surface area (Å²) in [6, 6.07) is 11.9. The predicted octanol–water partition coefficient (Wildman–Crippen LogP) is 3.33. The summed E-state index contributed by atoms with van der Waals surface area (Å²) in [4.78, 5) is 12.4. The molecule has 0 unspecified atom stereocenters. The van der Waals surface area contributed by atoms with Crippen molar-refractivity contribution in [3.8, 4) is 6.07 Å². The second kappa shape index (κ2) is 5.13. The SMILES string of the molecule is Cc1c(C(=O)c2ccc(Cl)cc2)ccc(N)c1C#N. The first-order chi connectivity index (χ1) is 9.04. The largest absolute Gasteiger partial charge is 0.398 e. The van der Waals surface area contributed by atoms with E-state index in [0.717, 1.165) is 0 Å². The summed E-state index contributed by atoms with van der Waals surface area (Å²) in [5.41, 5.74) is 8.05. The lowest BCUT2D eigenvalue weighted by atomic mass is 9.95. The van der Waals surface area contributed by atoms with E-state index in [-0.39, 0.29) is 5.78 Å². The van der Waals surface area contributed by atoms with Crippen molar-refractivity contribution >= 4 is 23.1 Å². The Morgan fingerprint density at radius 2 is 1.84 bits per heavy atom. The maximum atomic E-state index is 12.4. The van der Waals surface area contributed by atoms with Crippen molar-refractivity contribution in [1.29, 1.82) is 5.26 Å². The molecule has 4 heteroatoms. The Labute approximate surface area is 116 Å². The van der Waals surface area contributed by atoms with E-state index in [0.29, 0.717) is 33.0 Å². The maximum Gasteiger partial charge on any atom is 0.193 e. The minimum absolute atomic E-state index is 0.148. The van der Waals surface area contributed by atoms with E-state index in [4.69, 9.17) is 22.6 Å². The third-order valence-corrected chi connectivity index (χ3v) is 3.21. The minimum atomic E-state index is -0.148. The van der Waals surface area contributed by atoms with Crippen LogP contribution < -0.4 is 5.73 Å². The Morgan fingerprint density at radius 3 is 2.42 bits per heavy atom. The van der Waals surface area contributed by atoms with Crippen molar-refractivity contribution in [3.63, 3.8) is 0 Å². The molecule has 0 saturated carbocycles. The van der Waals surface area contributed by atoms with E-state index < -0.39 is 0 Å². The van der Waals surface area contributed by atoms with Crippen LogP contribution in [0.15, 0.2) is 36.4 Å². The van der Waals surface area contributed by atoms with Crippen LogP contribution in [0, 0.1) is 18.3 Å². The van der Waals surface area contributed by atoms with Crippen molar-refractivity contribution in [2.75, 3.05) is 5.73 Å². The van der Waals surface area contributed by atoms with E-state index in [9.17, 15) is 4.79 Å². The molecule has 0 saturated heterocycles. The molecule has 0 heterocycles. The Kier molecular flexibility index (Phi) is 3.55. The molecule has 3 nitrogen and oxygen atoms in total. The monoisotopic (exact) mass is 270 g/mol. The zero-order chi connectivity index (χ0) is 14.0. The van der Waals surface area contributed by atoms with Crippen molar-refractivity contribution in [2.24, 2.45) is 0 Å². The second-order valence-electron chi connectivity index (χ2n) is 4.15. The smallest absolute Gasteiger partial charge is 0.193 e. The Bertz CT molecular complexity index is 685. The van der Waals surface area contributed by atoms with E-state index in [1.165, 1.54) is 0 Å². The molecule has 2 aromatic rings. The molecule has 2 N–H and O–H groups in total. The van der Waals surface area contributed by atoms with Gasteiger partial charge in [0.25, 0.3) is 0 Å². The summed E-state index contributed by atoms with van der Waals surface area (Å²) >= 11 is 5.79. The average Bonchev–Trinajstić information content (AvgIpc) is 2.39. The summed E-state index contributed by atoms with van der Waals surface area (Å²) in [7, 11) is 0. The zero-order valence-electron chi connectivity index (χ0n) is 10.3. The fraction of sp³-hybridized carbons (Fsp3) is 0.0667. The highest BCUT2D eigenvalue weighted by molar-refractivity contribution is 6.30. The van der Waals surface area contributed by atoms with E-state index in [2.05, 4.69) is 0 Å². The van der Waals surface area contributed by atoms with Gasteiger partial charge in [-0.3, -0.25) is 4.79 Å². The number of ketones is 1. The molecule has 0 radical (unpaired) electrons. The quantitative estimate of drug-likeness (QED) is 0.672. The normalized spacial score (nSPS) is 9.95. The van der Waals surface area contributed by atoms with Gasteiger partial charge in [0, 0.05) is 21.8 Å². The van der Waals surface area contributed by atoms with Crippen molar-refractivity contribution in [3.05, 3.63) is 63.7 Å². The number of carbonyl (C=O) groups excluding carboxylic acids is 1. The molecular formula is C15H11ClN2O. The van der Waals surface area contributed by atoms with Gasteiger partial charge in [0.2, 0.25) is 0 Å². The molecule has 0 fully saturated rings. The van der Waals surface area contributed by atoms with Crippen LogP contribution in [0.25, 0.3) is 0 Å². The maximum absolute atomic E-state index is 12.4. The van der Waals surface area contributed by atoms with Crippen molar-refractivity contribution in [2.45, 2.75) is 6.92 Å². The summed E-state index contributed by atoms with van der Waals surface area (Å²) in [5, 5.41) is 9.63. The van der Waals surface area contributed by atoms with Gasteiger partial charge in [0.1, 0.15) is 6.07 Å². The lowest BCUT2D eigenvalue weighted by molar-refractivity contribution is 0.103. The van der Waals surface area contributed by atoms with Crippen LogP contribution in [0.2, 0.25) is 5.02 Å². The Hall–Kier alpha value is -2.31. The van der Waals surface area contributed by atoms with Gasteiger partial charge in [-0.2, -0.15) is 5.26 Å². The number of nitriles is 1. The number of carbonyl (C=O) groups is 1. The van der Waals surface area contributed by atoms with E-state index >= 15 is 0 Å². The molecule has 94 valence electrons. The molecule has 0 aliphatic heterocycles. The molecule has 0 aromatic heterocycles. The lowest BCUT2D eigenvalue weighted by Gasteiger charge is -2.08. The standard InChI is InChI=1S/C15H11ClN2O/c1-9-12(6-7-14(18)13(9)8-17)15(19)10-2-4-11(16)5-3-10/h2-7H,18H2,1H3. The van der Waals surface area contributed by atoms with Crippen LogP contribution in [-0.4, -0.2) is 5.78 Å². The molecule has 19 heavy (non-hydrogen) atoms. The Morgan fingerprint density at radius 1 is 1.21 bits per heavy atom. The van der Waals surface area contributed by atoms with Gasteiger partial charge in [-0.15, -0.1) is 0 Å². The molecule has 0 aliphatic carbocycles. The van der Waals surface area contributed by atoms with Crippen LogP contribution in [0.3, 0.4) is 0 Å². The van der Waals surface area contributed by atoms with Gasteiger partial charge < -0.3 is 5.73 Å². The molecule has 0 spiro atoms.